The monoisotopic (exact) mass is 352 g/mol. The highest BCUT2D eigenvalue weighted by Crippen LogP contribution is 2.16. The Morgan fingerprint density at radius 3 is 2.46 bits per heavy atom. The molecule has 0 unspecified atom stereocenters. The van der Waals surface area contributed by atoms with Crippen molar-refractivity contribution in [1.82, 2.24) is 4.90 Å². The first kappa shape index (κ1) is 19.2. The fourth-order valence-corrected chi connectivity index (χ4v) is 2.36. The summed E-state index contributed by atoms with van der Waals surface area (Å²) in [5.41, 5.74) is 3.70. The van der Waals surface area contributed by atoms with E-state index in [0.717, 1.165) is 28.1 Å². The van der Waals surface area contributed by atoms with Crippen molar-refractivity contribution >= 4 is 23.6 Å². The molecule has 0 saturated heterocycles. The molecule has 5 heteroatoms. The minimum atomic E-state index is -0.239. The second-order valence-electron chi connectivity index (χ2n) is 6.17. The molecule has 5 nitrogen and oxygen atoms in total. The van der Waals surface area contributed by atoms with E-state index in [0.29, 0.717) is 0 Å². The maximum Gasteiger partial charge on any atom is 0.246 e. The van der Waals surface area contributed by atoms with Crippen molar-refractivity contribution in [1.29, 1.82) is 0 Å². The molecule has 0 fully saturated rings. The Labute approximate surface area is 154 Å². The molecule has 0 saturated carbocycles. The fraction of sp³-hybridized carbons (Fsp3) is 0.238. The van der Waals surface area contributed by atoms with Gasteiger partial charge in [0, 0.05) is 18.8 Å². The Kier molecular flexibility index (Phi) is 6.55. The van der Waals surface area contributed by atoms with Crippen LogP contribution in [0.25, 0.3) is 6.08 Å². The summed E-state index contributed by atoms with van der Waals surface area (Å²) in [4.78, 5) is 25.8. The van der Waals surface area contributed by atoms with Crippen LogP contribution in [0.15, 0.2) is 48.5 Å². The molecule has 136 valence electrons. The molecule has 0 spiro atoms. The van der Waals surface area contributed by atoms with Crippen molar-refractivity contribution < 1.29 is 14.3 Å². The van der Waals surface area contributed by atoms with Crippen LogP contribution in [0.4, 0.5) is 5.69 Å². The van der Waals surface area contributed by atoms with Gasteiger partial charge in [0.2, 0.25) is 11.8 Å². The number of carbonyl (C=O) groups is 2. The lowest BCUT2D eigenvalue weighted by Crippen LogP contribution is -2.34. The number of methoxy groups -OCH3 is 1. The quantitative estimate of drug-likeness (QED) is 0.811. The van der Waals surface area contributed by atoms with Crippen LogP contribution in [0.5, 0.6) is 5.75 Å². The van der Waals surface area contributed by atoms with Gasteiger partial charge in [-0.3, -0.25) is 9.59 Å². The zero-order valence-electron chi connectivity index (χ0n) is 15.6. The number of amides is 2. The highest BCUT2D eigenvalue weighted by atomic mass is 16.5. The number of benzene rings is 2. The molecule has 0 heterocycles. The van der Waals surface area contributed by atoms with Gasteiger partial charge in [-0.1, -0.05) is 24.3 Å². The Morgan fingerprint density at radius 2 is 1.81 bits per heavy atom. The number of hydrogen-bond donors (Lipinski definition) is 1. The summed E-state index contributed by atoms with van der Waals surface area (Å²) in [5, 5.41) is 2.85. The van der Waals surface area contributed by atoms with Gasteiger partial charge >= 0.3 is 0 Å². The van der Waals surface area contributed by atoms with Gasteiger partial charge in [0.05, 0.1) is 13.7 Å². The van der Waals surface area contributed by atoms with Gasteiger partial charge in [-0.2, -0.15) is 0 Å². The fourth-order valence-electron chi connectivity index (χ4n) is 2.36. The number of aryl methyl sites for hydroxylation is 2. The molecule has 0 radical (unpaired) electrons. The van der Waals surface area contributed by atoms with Crippen molar-refractivity contribution in [3.05, 3.63) is 65.2 Å². The first-order valence-electron chi connectivity index (χ1n) is 8.33. The summed E-state index contributed by atoms with van der Waals surface area (Å²) in [6.45, 7) is 3.88. The van der Waals surface area contributed by atoms with Crippen molar-refractivity contribution in [2.45, 2.75) is 13.8 Å². The van der Waals surface area contributed by atoms with E-state index in [1.807, 2.05) is 56.3 Å². The van der Waals surface area contributed by atoms with Crippen LogP contribution < -0.4 is 10.1 Å². The standard InChI is InChI=1S/C21H24N2O3/c1-15-5-6-16(2)19(13-15)22-20(24)14-23(3)21(25)12-9-17-7-10-18(26-4)11-8-17/h5-13H,14H2,1-4H3,(H,22,24)/b12-9+. The number of rotatable bonds is 6. The Hall–Kier alpha value is -3.08. The average Bonchev–Trinajstić information content (AvgIpc) is 2.63. The molecule has 0 aromatic heterocycles. The summed E-state index contributed by atoms with van der Waals surface area (Å²) >= 11 is 0. The van der Waals surface area contributed by atoms with E-state index < -0.39 is 0 Å². The second-order valence-corrected chi connectivity index (χ2v) is 6.17. The lowest BCUT2D eigenvalue weighted by atomic mass is 10.1. The van der Waals surface area contributed by atoms with E-state index in [9.17, 15) is 9.59 Å². The summed E-state index contributed by atoms with van der Waals surface area (Å²) in [7, 11) is 3.20. The van der Waals surface area contributed by atoms with Gasteiger partial charge < -0.3 is 15.0 Å². The number of ether oxygens (including phenoxy) is 1. The van der Waals surface area contributed by atoms with Gasteiger partial charge in [0.15, 0.2) is 0 Å². The number of nitrogens with zero attached hydrogens (tertiary/aromatic N) is 1. The summed E-state index contributed by atoms with van der Waals surface area (Å²) in [6, 6.07) is 13.2. The minimum Gasteiger partial charge on any atom is -0.497 e. The van der Waals surface area contributed by atoms with Gasteiger partial charge in [-0.25, -0.2) is 0 Å². The molecule has 2 aromatic carbocycles. The van der Waals surface area contributed by atoms with Crippen LogP contribution in [0, 0.1) is 13.8 Å². The smallest absolute Gasteiger partial charge is 0.246 e. The summed E-state index contributed by atoms with van der Waals surface area (Å²) in [6.07, 6.45) is 3.16. The lowest BCUT2D eigenvalue weighted by molar-refractivity contribution is -0.129. The van der Waals surface area contributed by atoms with Gasteiger partial charge in [0.25, 0.3) is 0 Å². The average molecular weight is 352 g/mol. The number of likely N-dealkylation sites (N-methyl/N-ethyl adjacent to an activating group) is 1. The summed E-state index contributed by atoms with van der Waals surface area (Å²) < 4.78 is 5.10. The van der Waals surface area contributed by atoms with Crippen LogP contribution in [-0.4, -0.2) is 37.4 Å². The molecule has 2 rings (SSSR count). The largest absolute Gasteiger partial charge is 0.497 e. The third-order valence-electron chi connectivity index (χ3n) is 3.96. The molecule has 0 atom stereocenters. The topological polar surface area (TPSA) is 58.6 Å². The van der Waals surface area contributed by atoms with Crippen LogP contribution in [0.1, 0.15) is 16.7 Å². The molecule has 0 aliphatic rings. The predicted octanol–water partition coefficient (Wildman–Crippen LogP) is 3.42. The highest BCUT2D eigenvalue weighted by molar-refractivity contribution is 5.98. The molecule has 0 bridgehead atoms. The Morgan fingerprint density at radius 1 is 1.12 bits per heavy atom. The zero-order chi connectivity index (χ0) is 19.1. The molecule has 0 aliphatic carbocycles. The van der Waals surface area contributed by atoms with E-state index in [1.165, 1.54) is 11.0 Å². The number of carbonyl (C=O) groups excluding carboxylic acids is 2. The van der Waals surface area contributed by atoms with Crippen molar-refractivity contribution in [2.24, 2.45) is 0 Å². The van der Waals surface area contributed by atoms with Crippen molar-refractivity contribution in [2.75, 3.05) is 26.0 Å². The van der Waals surface area contributed by atoms with Crippen molar-refractivity contribution in [3.63, 3.8) is 0 Å². The third-order valence-corrected chi connectivity index (χ3v) is 3.96. The normalized spacial score (nSPS) is 10.6. The van der Waals surface area contributed by atoms with Crippen LogP contribution >= 0.6 is 0 Å². The lowest BCUT2D eigenvalue weighted by Gasteiger charge is -2.16. The van der Waals surface area contributed by atoms with Crippen LogP contribution in [0.3, 0.4) is 0 Å². The Bertz CT molecular complexity index is 811. The minimum absolute atomic E-state index is 0.0147. The predicted molar refractivity (Wildman–Crippen MR) is 104 cm³/mol. The first-order chi connectivity index (χ1) is 12.4. The van der Waals surface area contributed by atoms with Gasteiger partial charge in [-0.15, -0.1) is 0 Å². The second kappa shape index (κ2) is 8.85. The number of hydrogen-bond acceptors (Lipinski definition) is 3. The van der Waals surface area contributed by atoms with E-state index in [2.05, 4.69) is 5.32 Å². The zero-order valence-corrected chi connectivity index (χ0v) is 15.6. The molecule has 2 amide bonds. The number of anilines is 1. The van der Waals surface area contributed by atoms with E-state index in [1.54, 1.807) is 20.2 Å². The van der Waals surface area contributed by atoms with Crippen molar-refractivity contribution in [3.8, 4) is 5.75 Å². The van der Waals surface area contributed by atoms with E-state index in [4.69, 9.17) is 4.74 Å². The molecule has 0 aliphatic heterocycles. The maximum absolute atomic E-state index is 12.2. The maximum atomic E-state index is 12.2. The van der Waals surface area contributed by atoms with Gasteiger partial charge in [0.1, 0.15) is 5.75 Å². The Balaban J connectivity index is 1.92. The number of nitrogens with one attached hydrogen (secondary N) is 1. The van der Waals surface area contributed by atoms with Crippen LogP contribution in [-0.2, 0) is 9.59 Å². The van der Waals surface area contributed by atoms with E-state index >= 15 is 0 Å². The SMILES string of the molecule is COc1ccc(/C=C/C(=O)N(C)CC(=O)Nc2cc(C)ccc2C)cc1. The third kappa shape index (κ3) is 5.48. The molecular weight excluding hydrogens is 328 g/mol. The van der Waals surface area contributed by atoms with Gasteiger partial charge in [-0.05, 0) is 54.8 Å². The van der Waals surface area contributed by atoms with E-state index in [-0.39, 0.29) is 18.4 Å². The molecular formula is C21H24N2O3. The molecule has 26 heavy (non-hydrogen) atoms. The highest BCUT2D eigenvalue weighted by Gasteiger charge is 2.11. The molecule has 2 aromatic rings. The summed E-state index contributed by atoms with van der Waals surface area (Å²) in [5.74, 6) is 0.290. The first-order valence-corrected chi connectivity index (χ1v) is 8.33. The van der Waals surface area contributed by atoms with Crippen LogP contribution in [0.2, 0.25) is 0 Å². The molecule has 1 N–H and O–H groups in total.